The van der Waals surface area contributed by atoms with Crippen molar-refractivity contribution in [3.8, 4) is 33.8 Å². The van der Waals surface area contributed by atoms with Crippen molar-refractivity contribution in [2.75, 3.05) is 4.90 Å². The molecule has 7 aromatic carbocycles. The number of para-hydroxylation sites is 3. The van der Waals surface area contributed by atoms with Gasteiger partial charge in [0.05, 0.1) is 39.4 Å². The van der Waals surface area contributed by atoms with Crippen LogP contribution >= 0.6 is 0 Å². The zero-order valence-corrected chi connectivity index (χ0v) is 28.1. The number of aromatic nitrogens is 3. The number of benzene rings is 7. The molecule has 52 heavy (non-hydrogen) atoms. The molecule has 1 aliphatic heterocycles. The van der Waals surface area contributed by atoms with E-state index in [2.05, 4.69) is 181 Å². The molecule has 2 aromatic heterocycles. The molecule has 0 saturated carbocycles. The SMILES string of the molecule is c1ccc(-c2nc(N3c4ccccc4C4(c5ccccc5-c5nc(-c6ccccc6)c6ccccc6c54)c4ccccc43)nc3ccccc23)cc1. The number of anilines is 3. The van der Waals surface area contributed by atoms with E-state index in [1.165, 1.54) is 27.6 Å². The molecular weight excluding hydrogens is 633 g/mol. The molecule has 11 rings (SSSR count). The van der Waals surface area contributed by atoms with Gasteiger partial charge in [0, 0.05) is 33.0 Å². The van der Waals surface area contributed by atoms with E-state index in [4.69, 9.17) is 15.0 Å². The zero-order valence-electron chi connectivity index (χ0n) is 28.1. The molecule has 0 radical (unpaired) electrons. The van der Waals surface area contributed by atoms with Gasteiger partial charge in [-0.3, -0.25) is 4.90 Å². The molecular formula is C48H30N4. The molecule has 9 aromatic rings. The molecule has 0 amide bonds. The predicted molar refractivity (Wildman–Crippen MR) is 211 cm³/mol. The number of fused-ring (bicyclic) bond motifs is 12. The maximum Gasteiger partial charge on any atom is 0.235 e. The van der Waals surface area contributed by atoms with Gasteiger partial charge in [-0.25, -0.2) is 15.0 Å². The molecule has 0 unspecified atom stereocenters. The van der Waals surface area contributed by atoms with E-state index in [1.807, 2.05) is 6.07 Å². The quantitative estimate of drug-likeness (QED) is 0.189. The van der Waals surface area contributed by atoms with Gasteiger partial charge < -0.3 is 0 Å². The minimum atomic E-state index is -0.642. The molecule has 2 aliphatic rings. The molecule has 4 nitrogen and oxygen atoms in total. The number of hydrogen-bond acceptors (Lipinski definition) is 4. The van der Waals surface area contributed by atoms with Gasteiger partial charge in [0.25, 0.3) is 0 Å². The summed E-state index contributed by atoms with van der Waals surface area (Å²) < 4.78 is 0. The van der Waals surface area contributed by atoms with Crippen molar-refractivity contribution in [2.45, 2.75) is 5.41 Å². The van der Waals surface area contributed by atoms with Crippen LogP contribution in [-0.4, -0.2) is 15.0 Å². The highest BCUT2D eigenvalue weighted by molar-refractivity contribution is 6.06. The molecule has 0 fully saturated rings. The fraction of sp³-hybridized carbons (Fsp3) is 0.0208. The van der Waals surface area contributed by atoms with Crippen LogP contribution in [0.5, 0.6) is 0 Å². The summed E-state index contributed by atoms with van der Waals surface area (Å²) in [7, 11) is 0. The second kappa shape index (κ2) is 11.0. The summed E-state index contributed by atoms with van der Waals surface area (Å²) in [6.45, 7) is 0. The van der Waals surface area contributed by atoms with Crippen LogP contribution in [0.1, 0.15) is 22.3 Å². The first-order valence-corrected chi connectivity index (χ1v) is 17.7. The smallest absolute Gasteiger partial charge is 0.235 e. The normalized spacial score (nSPS) is 13.5. The Hall–Kier alpha value is -6.91. The van der Waals surface area contributed by atoms with E-state index >= 15 is 0 Å². The summed E-state index contributed by atoms with van der Waals surface area (Å²) in [5.74, 6) is 0.640. The van der Waals surface area contributed by atoms with Crippen molar-refractivity contribution in [2.24, 2.45) is 0 Å². The third-order valence-electron chi connectivity index (χ3n) is 10.9. The molecule has 1 aliphatic carbocycles. The highest BCUT2D eigenvalue weighted by atomic mass is 15.3. The van der Waals surface area contributed by atoms with Crippen molar-refractivity contribution in [1.29, 1.82) is 0 Å². The van der Waals surface area contributed by atoms with Gasteiger partial charge in [0.15, 0.2) is 0 Å². The summed E-state index contributed by atoms with van der Waals surface area (Å²) in [6, 6.07) is 64.6. The maximum atomic E-state index is 5.61. The van der Waals surface area contributed by atoms with Gasteiger partial charge in [-0.2, -0.15) is 0 Å². The van der Waals surface area contributed by atoms with Crippen LogP contribution in [0.15, 0.2) is 182 Å². The predicted octanol–water partition coefficient (Wildman–Crippen LogP) is 11.7. The van der Waals surface area contributed by atoms with Crippen LogP contribution in [0.3, 0.4) is 0 Å². The van der Waals surface area contributed by atoms with Crippen LogP contribution in [0, 0.1) is 0 Å². The Kier molecular flexibility index (Phi) is 6.13. The summed E-state index contributed by atoms with van der Waals surface area (Å²) >= 11 is 0. The standard InChI is InChI=1S/C48H30N4/c1-3-17-31(18-4-1)44-34-22-8-7-21-33(34)43-46(50-44)35-23-9-11-25-37(35)48(43)38-26-12-15-29-41(38)52(42-30-16-13-27-39(42)48)47-49-40-28-14-10-24-36(40)45(51-47)32-19-5-2-6-20-32/h1-30H. The lowest BCUT2D eigenvalue weighted by Crippen LogP contribution is -2.36. The molecule has 1 spiro atoms. The van der Waals surface area contributed by atoms with E-state index in [-0.39, 0.29) is 0 Å². The highest BCUT2D eigenvalue weighted by Crippen LogP contribution is 2.64. The van der Waals surface area contributed by atoms with Crippen LogP contribution < -0.4 is 4.90 Å². The van der Waals surface area contributed by atoms with Gasteiger partial charge >= 0.3 is 0 Å². The molecule has 242 valence electrons. The minimum absolute atomic E-state index is 0.640. The van der Waals surface area contributed by atoms with Gasteiger partial charge in [-0.1, -0.05) is 164 Å². The van der Waals surface area contributed by atoms with Gasteiger partial charge in [-0.15, -0.1) is 0 Å². The minimum Gasteiger partial charge on any atom is -0.278 e. The first kappa shape index (κ1) is 28.9. The second-order valence-corrected chi connectivity index (χ2v) is 13.5. The van der Waals surface area contributed by atoms with E-state index in [0.717, 1.165) is 61.4 Å². The average Bonchev–Trinajstić information content (AvgIpc) is 3.52. The molecule has 0 N–H and O–H groups in total. The number of hydrogen-bond donors (Lipinski definition) is 0. The van der Waals surface area contributed by atoms with E-state index in [1.54, 1.807) is 0 Å². The molecule has 0 bridgehead atoms. The number of rotatable bonds is 3. The topological polar surface area (TPSA) is 41.9 Å². The van der Waals surface area contributed by atoms with E-state index < -0.39 is 5.41 Å². The Morgan fingerprint density at radius 3 is 1.54 bits per heavy atom. The Bertz CT molecular complexity index is 2820. The largest absolute Gasteiger partial charge is 0.278 e. The number of nitrogens with zero attached hydrogens (tertiary/aromatic N) is 4. The van der Waals surface area contributed by atoms with E-state index in [9.17, 15) is 0 Å². The molecule has 4 heteroatoms. The van der Waals surface area contributed by atoms with Gasteiger partial charge in [0.1, 0.15) is 0 Å². The Labute approximate surface area is 301 Å². The van der Waals surface area contributed by atoms with Crippen molar-refractivity contribution in [3.05, 3.63) is 204 Å². The summed E-state index contributed by atoms with van der Waals surface area (Å²) in [5.41, 5.74) is 13.4. The Morgan fingerprint density at radius 2 is 0.865 bits per heavy atom. The lowest BCUT2D eigenvalue weighted by atomic mass is 9.64. The van der Waals surface area contributed by atoms with Crippen LogP contribution in [0.4, 0.5) is 17.3 Å². The van der Waals surface area contributed by atoms with Crippen LogP contribution in [0.25, 0.3) is 55.4 Å². The highest BCUT2D eigenvalue weighted by Gasteiger charge is 2.53. The summed E-state index contributed by atoms with van der Waals surface area (Å²) in [5, 5.41) is 3.37. The second-order valence-electron chi connectivity index (χ2n) is 13.5. The summed E-state index contributed by atoms with van der Waals surface area (Å²) in [4.78, 5) is 18.6. The average molecular weight is 663 g/mol. The number of pyridine rings is 1. The molecule has 0 atom stereocenters. The van der Waals surface area contributed by atoms with Crippen LogP contribution in [-0.2, 0) is 5.41 Å². The fourth-order valence-electron chi connectivity index (χ4n) is 8.81. The third-order valence-corrected chi connectivity index (χ3v) is 10.9. The van der Waals surface area contributed by atoms with Gasteiger partial charge in [-0.05, 0) is 40.3 Å². The van der Waals surface area contributed by atoms with Crippen LogP contribution in [0.2, 0.25) is 0 Å². The van der Waals surface area contributed by atoms with Crippen molar-refractivity contribution < 1.29 is 0 Å². The van der Waals surface area contributed by atoms with Crippen molar-refractivity contribution in [1.82, 2.24) is 15.0 Å². The molecule has 3 heterocycles. The Balaban J connectivity index is 1.26. The fourth-order valence-corrected chi connectivity index (χ4v) is 8.81. The van der Waals surface area contributed by atoms with Gasteiger partial charge in [0.2, 0.25) is 5.95 Å². The van der Waals surface area contributed by atoms with E-state index in [0.29, 0.717) is 5.95 Å². The molecule has 0 saturated heterocycles. The lowest BCUT2D eigenvalue weighted by molar-refractivity contribution is 0.755. The monoisotopic (exact) mass is 662 g/mol. The maximum absolute atomic E-state index is 5.61. The zero-order chi connectivity index (χ0) is 34.2. The first-order chi connectivity index (χ1) is 25.8. The van der Waals surface area contributed by atoms with Crippen molar-refractivity contribution in [3.63, 3.8) is 0 Å². The lowest BCUT2D eigenvalue weighted by Gasteiger charge is -2.44. The summed E-state index contributed by atoms with van der Waals surface area (Å²) in [6.07, 6.45) is 0. The van der Waals surface area contributed by atoms with Crippen molar-refractivity contribution >= 4 is 39.0 Å². The third kappa shape index (κ3) is 3.89. The Morgan fingerprint density at radius 1 is 0.365 bits per heavy atom. The first-order valence-electron chi connectivity index (χ1n) is 17.7.